The van der Waals surface area contributed by atoms with Gasteiger partial charge in [-0.2, -0.15) is 10.1 Å². The van der Waals surface area contributed by atoms with Crippen LogP contribution in [0.3, 0.4) is 0 Å². The molecule has 3 heterocycles. The second-order valence-corrected chi connectivity index (χ2v) is 10.6. The number of hydrogen-bond acceptors (Lipinski definition) is 6. The van der Waals surface area contributed by atoms with Gasteiger partial charge in [-0.3, -0.25) is 0 Å². The van der Waals surface area contributed by atoms with E-state index in [9.17, 15) is 0 Å². The van der Waals surface area contributed by atoms with Gasteiger partial charge in [-0.05, 0) is 55.8 Å². The number of hydrogen-bond donors (Lipinski definition) is 0. The predicted octanol–water partition coefficient (Wildman–Crippen LogP) is 4.42. The molecule has 3 aromatic rings. The molecule has 1 aromatic heterocycles. The molecule has 2 atom stereocenters. The molecule has 5 rings (SSSR count). The molecule has 154 valence electrons. The first kappa shape index (κ1) is 19.6. The Morgan fingerprint density at radius 3 is 2.57 bits per heavy atom. The molecule has 8 heteroatoms. The summed E-state index contributed by atoms with van der Waals surface area (Å²) >= 11 is 6.05. The molecule has 0 bridgehead atoms. The van der Waals surface area contributed by atoms with E-state index in [1.54, 1.807) is 0 Å². The van der Waals surface area contributed by atoms with Crippen LogP contribution in [0, 0.1) is 6.92 Å². The molecule has 0 spiro atoms. The van der Waals surface area contributed by atoms with Crippen LogP contribution in [-0.2, 0) is 25.6 Å². The molecule has 0 aliphatic carbocycles. The van der Waals surface area contributed by atoms with E-state index >= 15 is 0 Å². The van der Waals surface area contributed by atoms with Crippen molar-refractivity contribution in [3.63, 3.8) is 0 Å². The van der Waals surface area contributed by atoms with Crippen molar-refractivity contribution in [2.24, 2.45) is 4.99 Å². The molecule has 2 aromatic carbocycles. The topological polar surface area (TPSA) is 57.9 Å². The first-order valence-corrected chi connectivity index (χ1v) is 12.6. The standard InChI is InChI=1S/C22H22N3O3PS/c1-16-20-21(25(24-16)18-11-6-3-7-12-18)23-22(17-9-4-2-5-10-17)28-29(20,30)27-15-19-13-8-14-26-19/h2-7,9-12,19H,8,13-15H2,1H3. The quantitative estimate of drug-likeness (QED) is 0.551. The van der Waals surface area contributed by atoms with Gasteiger partial charge in [0, 0.05) is 12.2 Å². The number of aliphatic imine (C=N–C) groups is 1. The second-order valence-electron chi connectivity index (χ2n) is 7.31. The third-order valence-corrected chi connectivity index (χ3v) is 8.23. The predicted molar refractivity (Wildman–Crippen MR) is 121 cm³/mol. The fourth-order valence-corrected chi connectivity index (χ4v) is 6.57. The fourth-order valence-electron chi connectivity index (χ4n) is 3.70. The Morgan fingerprint density at radius 1 is 1.13 bits per heavy atom. The first-order chi connectivity index (χ1) is 14.6. The van der Waals surface area contributed by atoms with E-state index in [0.29, 0.717) is 18.3 Å². The minimum Gasteiger partial charge on any atom is -0.421 e. The van der Waals surface area contributed by atoms with Crippen molar-refractivity contribution in [1.29, 1.82) is 0 Å². The van der Waals surface area contributed by atoms with Gasteiger partial charge in [0.25, 0.3) is 6.49 Å². The molecule has 30 heavy (non-hydrogen) atoms. The summed E-state index contributed by atoms with van der Waals surface area (Å²) in [6.45, 7) is 0.236. The lowest BCUT2D eigenvalue weighted by Crippen LogP contribution is -2.24. The zero-order valence-corrected chi connectivity index (χ0v) is 18.3. The minimum absolute atomic E-state index is 0.0559. The monoisotopic (exact) mass is 439 g/mol. The summed E-state index contributed by atoms with van der Waals surface area (Å²) in [5, 5.41) is 5.52. The van der Waals surface area contributed by atoms with E-state index in [1.807, 2.05) is 72.3 Å². The van der Waals surface area contributed by atoms with Crippen LogP contribution in [0.4, 0.5) is 5.82 Å². The molecule has 0 saturated carbocycles. The largest absolute Gasteiger partial charge is 0.421 e. The SMILES string of the molecule is Cc1nn(-c2ccccc2)c2c1P(=S)(OCC1CCCO1)OC(c1ccccc1)=N2. The Kier molecular flexibility index (Phi) is 5.29. The zero-order valence-electron chi connectivity index (χ0n) is 16.6. The van der Waals surface area contributed by atoms with E-state index in [1.165, 1.54) is 0 Å². The van der Waals surface area contributed by atoms with Crippen molar-refractivity contribution in [2.75, 3.05) is 13.2 Å². The van der Waals surface area contributed by atoms with E-state index in [0.717, 1.165) is 41.7 Å². The Labute approximate surface area is 180 Å². The van der Waals surface area contributed by atoms with Crippen molar-refractivity contribution in [2.45, 2.75) is 25.9 Å². The Balaban J connectivity index is 1.62. The first-order valence-electron chi connectivity index (χ1n) is 9.99. The van der Waals surface area contributed by atoms with Gasteiger partial charge in [0.1, 0.15) is 5.30 Å². The summed E-state index contributed by atoms with van der Waals surface area (Å²) in [4.78, 5) is 4.83. The fraction of sp³-hybridized carbons (Fsp3) is 0.273. The van der Waals surface area contributed by atoms with Crippen molar-refractivity contribution in [1.82, 2.24) is 9.78 Å². The molecule has 2 aliphatic heterocycles. The third kappa shape index (κ3) is 3.63. The van der Waals surface area contributed by atoms with E-state index in [2.05, 4.69) is 0 Å². The lowest BCUT2D eigenvalue weighted by Gasteiger charge is -2.28. The number of nitrogens with zero attached hydrogens (tertiary/aromatic N) is 3. The number of rotatable bonds is 5. The zero-order chi connectivity index (χ0) is 20.6. The molecule has 1 saturated heterocycles. The van der Waals surface area contributed by atoms with E-state index in [4.69, 9.17) is 35.7 Å². The van der Waals surface area contributed by atoms with Gasteiger partial charge in [-0.1, -0.05) is 36.4 Å². The van der Waals surface area contributed by atoms with Crippen LogP contribution in [-0.4, -0.2) is 35.0 Å². The Morgan fingerprint density at radius 2 is 1.87 bits per heavy atom. The Bertz CT molecular complexity index is 1130. The van der Waals surface area contributed by atoms with E-state index in [-0.39, 0.29) is 6.10 Å². The smallest absolute Gasteiger partial charge is 0.276 e. The highest BCUT2D eigenvalue weighted by molar-refractivity contribution is 8.13. The van der Waals surface area contributed by atoms with Crippen LogP contribution >= 0.6 is 6.49 Å². The average Bonchev–Trinajstić information content (AvgIpc) is 3.42. The second kappa shape index (κ2) is 8.08. The molecule has 0 radical (unpaired) electrons. The van der Waals surface area contributed by atoms with Gasteiger partial charge >= 0.3 is 0 Å². The van der Waals surface area contributed by atoms with Crippen molar-refractivity contribution >= 4 is 35.3 Å². The van der Waals surface area contributed by atoms with Gasteiger partial charge in [-0.15, -0.1) is 0 Å². The van der Waals surface area contributed by atoms with Gasteiger partial charge in [0.2, 0.25) is 5.90 Å². The number of aromatic nitrogens is 2. The van der Waals surface area contributed by atoms with Crippen LogP contribution < -0.4 is 5.30 Å². The summed E-state index contributed by atoms with van der Waals surface area (Å²) in [5.41, 5.74) is 2.55. The van der Waals surface area contributed by atoms with Crippen molar-refractivity contribution in [3.05, 3.63) is 71.9 Å². The summed E-state index contributed by atoms with van der Waals surface area (Å²) in [6.07, 6.45) is 2.08. The van der Waals surface area contributed by atoms with Crippen molar-refractivity contribution < 1.29 is 13.8 Å². The molecular weight excluding hydrogens is 417 g/mol. The molecule has 1 fully saturated rings. The maximum Gasteiger partial charge on any atom is 0.276 e. The highest BCUT2D eigenvalue weighted by atomic mass is 32.5. The van der Waals surface area contributed by atoms with Gasteiger partial charge in [0.05, 0.1) is 24.1 Å². The van der Waals surface area contributed by atoms with Crippen LogP contribution in [0.15, 0.2) is 65.7 Å². The van der Waals surface area contributed by atoms with Gasteiger partial charge in [0.15, 0.2) is 5.82 Å². The average molecular weight is 439 g/mol. The maximum atomic E-state index is 6.32. The molecule has 0 N–H and O–H groups in total. The highest BCUT2D eigenvalue weighted by Gasteiger charge is 2.39. The molecule has 2 unspecified atom stereocenters. The summed E-state index contributed by atoms with van der Waals surface area (Å²) in [6, 6.07) is 19.7. The summed E-state index contributed by atoms with van der Waals surface area (Å²) in [7, 11) is 0. The molecular formula is C22H22N3O3PS. The van der Waals surface area contributed by atoms with E-state index < -0.39 is 6.49 Å². The number of aryl methyl sites for hydroxylation is 1. The maximum absolute atomic E-state index is 6.32. The van der Waals surface area contributed by atoms with Crippen LogP contribution in [0.1, 0.15) is 24.1 Å². The number of benzene rings is 2. The minimum atomic E-state index is -2.88. The lowest BCUT2D eigenvalue weighted by atomic mass is 10.2. The summed E-state index contributed by atoms with van der Waals surface area (Å²) < 4.78 is 20.2. The van der Waals surface area contributed by atoms with Crippen LogP contribution in [0.5, 0.6) is 0 Å². The Hall–Kier alpha value is -2.31. The van der Waals surface area contributed by atoms with Crippen LogP contribution in [0.2, 0.25) is 0 Å². The third-order valence-electron chi connectivity index (χ3n) is 5.17. The lowest BCUT2D eigenvalue weighted by molar-refractivity contribution is 0.0692. The number of para-hydroxylation sites is 1. The molecule has 0 amide bonds. The summed E-state index contributed by atoms with van der Waals surface area (Å²) in [5.74, 6) is 1.15. The van der Waals surface area contributed by atoms with Crippen LogP contribution in [0.25, 0.3) is 5.69 Å². The normalized spacial score (nSPS) is 23.0. The van der Waals surface area contributed by atoms with Crippen molar-refractivity contribution in [3.8, 4) is 5.69 Å². The number of fused-ring (bicyclic) bond motifs is 1. The van der Waals surface area contributed by atoms with Gasteiger partial charge in [-0.25, -0.2) is 4.68 Å². The molecule has 2 aliphatic rings. The molecule has 6 nitrogen and oxygen atoms in total. The number of ether oxygens (including phenoxy) is 1. The highest BCUT2D eigenvalue weighted by Crippen LogP contribution is 2.54. The van der Waals surface area contributed by atoms with Gasteiger partial charge < -0.3 is 13.8 Å².